The number of hydrogen-bond acceptors (Lipinski definition) is 5. The number of nitrogens with two attached hydrogens (primary N) is 1. The fourth-order valence-corrected chi connectivity index (χ4v) is 2.77. The van der Waals surface area contributed by atoms with Crippen LogP contribution >= 0.6 is 11.3 Å². The second kappa shape index (κ2) is 5.48. The number of rotatable bonds is 3. The van der Waals surface area contributed by atoms with Crippen LogP contribution < -0.4 is 5.73 Å². The standard InChI is InChI=1S/C15H14N4S/c1-10-14(18-7-6-17-10)13-9-20-15(19-13)12-4-2-11(8-16)3-5-12/h2-7,9H,8,16H2,1H3. The summed E-state index contributed by atoms with van der Waals surface area (Å²) < 4.78 is 0. The number of aromatic nitrogens is 3. The third kappa shape index (κ3) is 2.45. The zero-order valence-electron chi connectivity index (χ0n) is 11.1. The molecule has 0 amide bonds. The first-order chi connectivity index (χ1) is 9.78. The SMILES string of the molecule is Cc1nccnc1-c1csc(-c2ccc(CN)cc2)n1. The molecule has 0 aliphatic carbocycles. The molecule has 0 radical (unpaired) electrons. The Labute approximate surface area is 121 Å². The first-order valence-electron chi connectivity index (χ1n) is 6.31. The summed E-state index contributed by atoms with van der Waals surface area (Å²) in [6.45, 7) is 2.50. The van der Waals surface area contributed by atoms with Crippen LogP contribution in [0.3, 0.4) is 0 Å². The summed E-state index contributed by atoms with van der Waals surface area (Å²) in [4.78, 5) is 13.2. The van der Waals surface area contributed by atoms with Crippen LogP contribution in [0.4, 0.5) is 0 Å². The molecule has 0 aliphatic rings. The molecule has 0 bridgehead atoms. The molecule has 1 aromatic carbocycles. The molecule has 0 fully saturated rings. The highest BCUT2D eigenvalue weighted by atomic mass is 32.1. The van der Waals surface area contributed by atoms with Crippen LogP contribution in [0, 0.1) is 6.92 Å². The van der Waals surface area contributed by atoms with E-state index in [0.717, 1.165) is 33.2 Å². The van der Waals surface area contributed by atoms with Gasteiger partial charge in [0.15, 0.2) is 0 Å². The first kappa shape index (κ1) is 12.9. The maximum absolute atomic E-state index is 5.61. The lowest BCUT2D eigenvalue weighted by Crippen LogP contribution is -1.95. The van der Waals surface area contributed by atoms with E-state index in [1.807, 2.05) is 36.6 Å². The normalized spacial score (nSPS) is 10.7. The second-order valence-corrected chi connectivity index (χ2v) is 5.29. The van der Waals surface area contributed by atoms with Crippen molar-refractivity contribution in [1.82, 2.24) is 15.0 Å². The van der Waals surface area contributed by atoms with Gasteiger partial charge in [0, 0.05) is 29.9 Å². The van der Waals surface area contributed by atoms with E-state index in [1.54, 1.807) is 23.7 Å². The molecule has 20 heavy (non-hydrogen) atoms. The number of nitrogens with zero attached hydrogens (tertiary/aromatic N) is 3. The molecule has 2 heterocycles. The van der Waals surface area contributed by atoms with Gasteiger partial charge in [0.2, 0.25) is 0 Å². The zero-order valence-corrected chi connectivity index (χ0v) is 11.9. The zero-order chi connectivity index (χ0) is 13.9. The predicted molar refractivity (Wildman–Crippen MR) is 81.2 cm³/mol. The number of hydrogen-bond donors (Lipinski definition) is 1. The first-order valence-corrected chi connectivity index (χ1v) is 7.19. The van der Waals surface area contributed by atoms with Crippen molar-refractivity contribution in [3.8, 4) is 22.0 Å². The van der Waals surface area contributed by atoms with Crippen LogP contribution in [0.2, 0.25) is 0 Å². The van der Waals surface area contributed by atoms with E-state index in [2.05, 4.69) is 15.0 Å². The fourth-order valence-electron chi connectivity index (χ4n) is 1.96. The topological polar surface area (TPSA) is 64.7 Å². The number of aryl methyl sites for hydroxylation is 1. The van der Waals surface area contributed by atoms with E-state index in [-0.39, 0.29) is 0 Å². The summed E-state index contributed by atoms with van der Waals surface area (Å²) in [6, 6.07) is 8.16. The Kier molecular flexibility index (Phi) is 3.54. The van der Waals surface area contributed by atoms with Crippen LogP contribution in [0.15, 0.2) is 42.0 Å². The van der Waals surface area contributed by atoms with Gasteiger partial charge < -0.3 is 5.73 Å². The number of benzene rings is 1. The van der Waals surface area contributed by atoms with Crippen LogP contribution in [0.5, 0.6) is 0 Å². The molecule has 3 rings (SSSR count). The van der Waals surface area contributed by atoms with Gasteiger partial charge in [-0.05, 0) is 12.5 Å². The van der Waals surface area contributed by atoms with Gasteiger partial charge >= 0.3 is 0 Å². The predicted octanol–water partition coefficient (Wildman–Crippen LogP) is 3.03. The fraction of sp³-hybridized carbons (Fsp3) is 0.133. The third-order valence-electron chi connectivity index (χ3n) is 3.06. The van der Waals surface area contributed by atoms with Crippen LogP contribution in [0.1, 0.15) is 11.3 Å². The molecule has 5 heteroatoms. The molecule has 0 spiro atoms. The van der Waals surface area contributed by atoms with Crippen molar-refractivity contribution in [2.45, 2.75) is 13.5 Å². The highest BCUT2D eigenvalue weighted by molar-refractivity contribution is 7.13. The van der Waals surface area contributed by atoms with Gasteiger partial charge in [-0.25, -0.2) is 4.98 Å². The van der Waals surface area contributed by atoms with Crippen molar-refractivity contribution in [2.24, 2.45) is 5.73 Å². The van der Waals surface area contributed by atoms with Crippen molar-refractivity contribution >= 4 is 11.3 Å². The Morgan fingerprint density at radius 1 is 1.10 bits per heavy atom. The van der Waals surface area contributed by atoms with Gasteiger partial charge in [-0.3, -0.25) is 9.97 Å². The van der Waals surface area contributed by atoms with Crippen molar-refractivity contribution in [1.29, 1.82) is 0 Å². The molecular formula is C15H14N4S. The van der Waals surface area contributed by atoms with E-state index >= 15 is 0 Å². The van der Waals surface area contributed by atoms with Gasteiger partial charge in [0.1, 0.15) is 16.4 Å². The summed E-state index contributed by atoms with van der Waals surface area (Å²) in [6.07, 6.45) is 3.38. The maximum atomic E-state index is 5.61. The Balaban J connectivity index is 1.95. The van der Waals surface area contributed by atoms with E-state index in [1.165, 1.54) is 0 Å². The molecule has 2 aromatic heterocycles. The minimum absolute atomic E-state index is 0.558. The monoisotopic (exact) mass is 282 g/mol. The molecular weight excluding hydrogens is 268 g/mol. The van der Waals surface area contributed by atoms with Crippen molar-refractivity contribution in [2.75, 3.05) is 0 Å². The van der Waals surface area contributed by atoms with Crippen molar-refractivity contribution < 1.29 is 0 Å². The highest BCUT2D eigenvalue weighted by Gasteiger charge is 2.10. The van der Waals surface area contributed by atoms with Gasteiger partial charge in [0.05, 0.1) is 5.69 Å². The van der Waals surface area contributed by atoms with Crippen molar-refractivity contribution in [3.05, 3.63) is 53.3 Å². The second-order valence-electron chi connectivity index (χ2n) is 4.43. The Bertz CT molecular complexity index is 719. The van der Waals surface area contributed by atoms with Gasteiger partial charge in [-0.15, -0.1) is 11.3 Å². The molecule has 3 aromatic rings. The molecule has 0 atom stereocenters. The van der Waals surface area contributed by atoms with Crippen LogP contribution in [0.25, 0.3) is 22.0 Å². The minimum Gasteiger partial charge on any atom is -0.326 e. The van der Waals surface area contributed by atoms with Crippen LogP contribution in [-0.2, 0) is 6.54 Å². The molecule has 2 N–H and O–H groups in total. The molecule has 0 saturated heterocycles. The van der Waals surface area contributed by atoms with Crippen molar-refractivity contribution in [3.63, 3.8) is 0 Å². The summed E-state index contributed by atoms with van der Waals surface area (Å²) in [5.41, 5.74) is 10.4. The minimum atomic E-state index is 0.558. The van der Waals surface area contributed by atoms with E-state index in [4.69, 9.17) is 5.73 Å². The molecule has 0 saturated carbocycles. The Morgan fingerprint density at radius 3 is 2.55 bits per heavy atom. The summed E-state index contributed by atoms with van der Waals surface area (Å²) in [5, 5.41) is 3.00. The lowest BCUT2D eigenvalue weighted by molar-refractivity contribution is 1.07. The smallest absolute Gasteiger partial charge is 0.124 e. The summed E-state index contributed by atoms with van der Waals surface area (Å²) in [5.74, 6) is 0. The third-order valence-corrected chi connectivity index (χ3v) is 3.96. The summed E-state index contributed by atoms with van der Waals surface area (Å²) >= 11 is 1.61. The quantitative estimate of drug-likeness (QED) is 0.802. The molecule has 0 aliphatic heterocycles. The van der Waals surface area contributed by atoms with E-state index in [9.17, 15) is 0 Å². The molecule has 0 unspecified atom stereocenters. The van der Waals surface area contributed by atoms with E-state index < -0.39 is 0 Å². The Morgan fingerprint density at radius 2 is 1.85 bits per heavy atom. The lowest BCUT2D eigenvalue weighted by atomic mass is 10.1. The Hall–Kier alpha value is -2.11. The van der Waals surface area contributed by atoms with Gasteiger partial charge in [0.25, 0.3) is 0 Å². The molecule has 4 nitrogen and oxygen atoms in total. The number of thiazole rings is 1. The summed E-state index contributed by atoms with van der Waals surface area (Å²) in [7, 11) is 0. The maximum Gasteiger partial charge on any atom is 0.124 e. The average Bonchev–Trinajstić information content (AvgIpc) is 2.97. The van der Waals surface area contributed by atoms with Gasteiger partial charge in [-0.1, -0.05) is 24.3 Å². The largest absolute Gasteiger partial charge is 0.326 e. The van der Waals surface area contributed by atoms with Gasteiger partial charge in [-0.2, -0.15) is 0 Å². The average molecular weight is 282 g/mol. The van der Waals surface area contributed by atoms with E-state index in [0.29, 0.717) is 6.54 Å². The lowest BCUT2D eigenvalue weighted by Gasteiger charge is -2.00. The molecule has 100 valence electrons. The highest BCUT2D eigenvalue weighted by Crippen LogP contribution is 2.28. The van der Waals surface area contributed by atoms with Crippen LogP contribution in [-0.4, -0.2) is 15.0 Å².